The van der Waals surface area contributed by atoms with E-state index < -0.39 is 0 Å². The molecule has 0 fully saturated rings. The van der Waals surface area contributed by atoms with Gasteiger partial charge in [-0.1, -0.05) is 0 Å². The Bertz CT molecular complexity index is 808. The molecule has 0 radical (unpaired) electrons. The number of fused-ring (bicyclic) bond motifs is 2. The lowest BCUT2D eigenvalue weighted by molar-refractivity contribution is 1.32. The predicted octanol–water partition coefficient (Wildman–Crippen LogP) is 3.11. The summed E-state index contributed by atoms with van der Waals surface area (Å²) in [5, 5.41) is 2.23. The molecule has 2 N–H and O–H groups in total. The van der Waals surface area contributed by atoms with Crippen molar-refractivity contribution in [2.45, 2.75) is 0 Å². The monoisotopic (exact) mass is 234 g/mol. The first-order valence-corrected chi connectivity index (χ1v) is 5.78. The Labute approximate surface area is 103 Å². The summed E-state index contributed by atoms with van der Waals surface area (Å²) in [6.07, 6.45) is 5.55. The Morgan fingerprint density at radius 1 is 0.944 bits per heavy atom. The van der Waals surface area contributed by atoms with E-state index in [4.69, 9.17) is 0 Å². The van der Waals surface area contributed by atoms with E-state index in [0.29, 0.717) is 0 Å². The van der Waals surface area contributed by atoms with Crippen molar-refractivity contribution in [1.82, 2.24) is 19.9 Å². The molecule has 0 amide bonds. The second kappa shape index (κ2) is 3.43. The molecule has 4 aromatic heterocycles. The van der Waals surface area contributed by atoms with E-state index in [1.54, 1.807) is 12.4 Å². The average Bonchev–Trinajstić information content (AvgIpc) is 3.02. The van der Waals surface area contributed by atoms with Crippen LogP contribution in [0.4, 0.5) is 0 Å². The van der Waals surface area contributed by atoms with E-state index in [-0.39, 0.29) is 0 Å². The molecule has 4 heteroatoms. The molecule has 4 heterocycles. The highest BCUT2D eigenvalue weighted by atomic mass is 14.9. The van der Waals surface area contributed by atoms with E-state index >= 15 is 0 Å². The summed E-state index contributed by atoms with van der Waals surface area (Å²) in [7, 11) is 0. The molecule has 0 aliphatic heterocycles. The molecule has 0 saturated carbocycles. The molecule has 4 nitrogen and oxygen atoms in total. The van der Waals surface area contributed by atoms with Gasteiger partial charge in [0.1, 0.15) is 11.3 Å². The van der Waals surface area contributed by atoms with Gasteiger partial charge in [0.2, 0.25) is 0 Å². The van der Waals surface area contributed by atoms with Gasteiger partial charge in [0.15, 0.2) is 0 Å². The highest BCUT2D eigenvalue weighted by Crippen LogP contribution is 2.28. The van der Waals surface area contributed by atoms with E-state index in [9.17, 15) is 0 Å². The predicted molar refractivity (Wildman–Crippen MR) is 71.2 cm³/mol. The zero-order valence-corrected chi connectivity index (χ0v) is 9.51. The van der Waals surface area contributed by atoms with E-state index in [1.165, 1.54) is 0 Å². The van der Waals surface area contributed by atoms with Gasteiger partial charge in [-0.3, -0.25) is 0 Å². The summed E-state index contributed by atoms with van der Waals surface area (Å²) in [6.45, 7) is 0. The minimum Gasteiger partial charge on any atom is -0.345 e. The van der Waals surface area contributed by atoms with Gasteiger partial charge in [-0.25, -0.2) is 9.97 Å². The lowest BCUT2D eigenvalue weighted by atomic mass is 10.1. The van der Waals surface area contributed by atoms with E-state index in [0.717, 1.165) is 33.3 Å². The van der Waals surface area contributed by atoms with Crippen LogP contribution < -0.4 is 0 Å². The Kier molecular flexibility index (Phi) is 1.80. The van der Waals surface area contributed by atoms with Gasteiger partial charge in [-0.2, -0.15) is 0 Å². The van der Waals surface area contributed by atoms with Gasteiger partial charge >= 0.3 is 0 Å². The molecule has 0 aliphatic carbocycles. The second-order valence-corrected chi connectivity index (χ2v) is 4.23. The number of aromatic nitrogens is 4. The van der Waals surface area contributed by atoms with Crippen LogP contribution in [0.5, 0.6) is 0 Å². The molecule has 0 spiro atoms. The Hall–Kier alpha value is -2.62. The molecular formula is C14H10N4. The maximum absolute atomic E-state index is 4.31. The minimum atomic E-state index is 0.902. The maximum Gasteiger partial charge on any atom is 0.137 e. The van der Waals surface area contributed by atoms with Crippen LogP contribution in [0.2, 0.25) is 0 Å². The Balaban J connectivity index is 2.01. The number of nitrogens with zero attached hydrogens (tertiary/aromatic N) is 2. The van der Waals surface area contributed by atoms with Crippen LogP contribution in [0.25, 0.3) is 33.3 Å². The van der Waals surface area contributed by atoms with Crippen molar-refractivity contribution in [2.24, 2.45) is 0 Å². The molecule has 0 unspecified atom stereocenters. The van der Waals surface area contributed by atoms with Crippen molar-refractivity contribution in [3.8, 4) is 11.3 Å². The van der Waals surface area contributed by atoms with Gasteiger partial charge in [-0.15, -0.1) is 0 Å². The molecule has 86 valence electrons. The topological polar surface area (TPSA) is 57.4 Å². The zero-order chi connectivity index (χ0) is 11.9. The van der Waals surface area contributed by atoms with Crippen molar-refractivity contribution in [1.29, 1.82) is 0 Å². The first-order valence-electron chi connectivity index (χ1n) is 5.78. The number of pyridine rings is 2. The van der Waals surface area contributed by atoms with Crippen LogP contribution in [0.15, 0.2) is 48.9 Å². The fourth-order valence-electron chi connectivity index (χ4n) is 2.28. The summed E-state index contributed by atoms with van der Waals surface area (Å²) in [5.41, 5.74) is 3.99. The van der Waals surface area contributed by atoms with E-state index in [2.05, 4.69) is 38.1 Å². The van der Waals surface area contributed by atoms with Crippen molar-refractivity contribution < 1.29 is 0 Å². The third-order valence-electron chi connectivity index (χ3n) is 3.13. The van der Waals surface area contributed by atoms with Crippen molar-refractivity contribution in [2.75, 3.05) is 0 Å². The number of aromatic amines is 2. The Morgan fingerprint density at radius 3 is 2.67 bits per heavy atom. The summed E-state index contributed by atoms with van der Waals surface area (Å²) >= 11 is 0. The first-order chi connectivity index (χ1) is 8.92. The smallest absolute Gasteiger partial charge is 0.137 e. The average molecular weight is 234 g/mol. The summed E-state index contributed by atoms with van der Waals surface area (Å²) in [5.74, 6) is 0. The van der Waals surface area contributed by atoms with E-state index in [1.807, 2.05) is 18.3 Å². The Morgan fingerprint density at radius 2 is 1.78 bits per heavy atom. The van der Waals surface area contributed by atoms with Crippen LogP contribution in [0.3, 0.4) is 0 Å². The molecule has 0 aromatic carbocycles. The number of rotatable bonds is 1. The molecule has 4 aromatic rings. The summed E-state index contributed by atoms with van der Waals surface area (Å²) in [4.78, 5) is 15.1. The quantitative estimate of drug-likeness (QED) is 0.531. The molecule has 0 atom stereocenters. The van der Waals surface area contributed by atoms with Crippen LogP contribution in [0.1, 0.15) is 0 Å². The van der Waals surface area contributed by atoms with Gasteiger partial charge in [0.25, 0.3) is 0 Å². The van der Waals surface area contributed by atoms with Crippen LogP contribution in [-0.2, 0) is 0 Å². The molecular weight excluding hydrogens is 224 g/mol. The lowest BCUT2D eigenvalue weighted by Gasteiger charge is -1.93. The van der Waals surface area contributed by atoms with Crippen LogP contribution in [0, 0.1) is 0 Å². The molecule has 0 bridgehead atoms. The number of hydrogen-bond acceptors (Lipinski definition) is 2. The normalized spacial score (nSPS) is 11.3. The van der Waals surface area contributed by atoms with Crippen molar-refractivity contribution in [3.05, 3.63) is 48.9 Å². The third-order valence-corrected chi connectivity index (χ3v) is 3.13. The van der Waals surface area contributed by atoms with Gasteiger partial charge < -0.3 is 9.97 Å². The van der Waals surface area contributed by atoms with Gasteiger partial charge in [0, 0.05) is 40.6 Å². The second-order valence-electron chi connectivity index (χ2n) is 4.23. The van der Waals surface area contributed by atoms with Crippen molar-refractivity contribution in [3.63, 3.8) is 0 Å². The summed E-state index contributed by atoms with van der Waals surface area (Å²) in [6, 6.07) is 10.1. The maximum atomic E-state index is 4.31. The van der Waals surface area contributed by atoms with Crippen LogP contribution in [-0.4, -0.2) is 19.9 Å². The lowest BCUT2D eigenvalue weighted by Crippen LogP contribution is -1.76. The zero-order valence-electron chi connectivity index (χ0n) is 9.51. The van der Waals surface area contributed by atoms with Crippen molar-refractivity contribution >= 4 is 22.1 Å². The number of H-pyrrole nitrogens is 2. The molecule has 0 aliphatic rings. The fourth-order valence-corrected chi connectivity index (χ4v) is 2.28. The molecule has 0 saturated heterocycles. The van der Waals surface area contributed by atoms with Gasteiger partial charge in [-0.05, 0) is 30.3 Å². The van der Waals surface area contributed by atoms with Gasteiger partial charge in [0.05, 0.1) is 0 Å². The van der Waals surface area contributed by atoms with Crippen LogP contribution >= 0.6 is 0 Å². The largest absolute Gasteiger partial charge is 0.345 e. The molecule has 18 heavy (non-hydrogen) atoms. The minimum absolute atomic E-state index is 0.902. The molecule has 4 rings (SSSR count). The third kappa shape index (κ3) is 1.26. The standard InChI is InChI=1S/C14H10N4/c1-3-9-7-12(18-13(9)15-5-1)11-8-17-14-10(11)4-2-6-16-14/h1-8H,(H,15,18)(H,16,17). The number of nitrogens with one attached hydrogen (secondary N) is 2. The first kappa shape index (κ1) is 9.41. The summed E-state index contributed by atoms with van der Waals surface area (Å²) < 4.78 is 0. The SMILES string of the molecule is c1cnc2[nH]c(-c3c[nH]c4ncccc34)cc2c1. The highest BCUT2D eigenvalue weighted by molar-refractivity contribution is 5.95. The number of hydrogen-bond donors (Lipinski definition) is 2. The fraction of sp³-hybridized carbons (Fsp3) is 0. The highest BCUT2D eigenvalue weighted by Gasteiger charge is 2.09.